The second kappa shape index (κ2) is 7.15. The molecule has 1 aromatic rings. The van der Waals surface area contributed by atoms with E-state index in [0.717, 1.165) is 36.1 Å². The number of carbonyl (C=O) groups excluding carboxylic acids is 3. The lowest BCUT2D eigenvalue weighted by Gasteiger charge is -2.40. The number of aryl methyl sites for hydroxylation is 1. The summed E-state index contributed by atoms with van der Waals surface area (Å²) in [5.74, 6) is 0.0186. The number of benzene rings is 1. The van der Waals surface area contributed by atoms with Crippen LogP contribution in [-0.4, -0.2) is 34.8 Å². The quantitative estimate of drug-likeness (QED) is 0.768. The molecule has 4 amide bonds. The molecule has 6 heteroatoms. The molecule has 2 aliphatic carbocycles. The Labute approximate surface area is 172 Å². The first-order valence-corrected chi connectivity index (χ1v) is 10.7. The highest BCUT2D eigenvalue weighted by atomic mass is 16.2. The monoisotopic (exact) mass is 397 g/mol. The van der Waals surface area contributed by atoms with Gasteiger partial charge >= 0.3 is 6.03 Å². The van der Waals surface area contributed by atoms with Gasteiger partial charge in [-0.25, -0.2) is 4.79 Å². The number of hydrogen-bond donors (Lipinski definition) is 2. The van der Waals surface area contributed by atoms with Gasteiger partial charge in [-0.15, -0.1) is 0 Å². The molecule has 0 aromatic heterocycles. The van der Waals surface area contributed by atoms with Gasteiger partial charge in [0.05, 0.1) is 6.04 Å². The zero-order chi connectivity index (χ0) is 20.8. The zero-order valence-corrected chi connectivity index (χ0v) is 17.6. The zero-order valence-electron chi connectivity index (χ0n) is 17.6. The van der Waals surface area contributed by atoms with Gasteiger partial charge in [-0.1, -0.05) is 45.0 Å². The Kier molecular flexibility index (Phi) is 4.91. The van der Waals surface area contributed by atoms with Crippen LogP contribution in [0, 0.1) is 11.3 Å². The van der Waals surface area contributed by atoms with Crippen LogP contribution in [0.1, 0.15) is 70.0 Å². The fraction of sp³-hybridized carbons (Fsp3) is 0.609. The average Bonchev–Trinajstić information content (AvgIpc) is 3.16. The smallest absolute Gasteiger partial charge is 0.325 e. The maximum atomic E-state index is 13.1. The van der Waals surface area contributed by atoms with Crippen molar-refractivity contribution in [1.82, 2.24) is 15.5 Å². The largest absolute Gasteiger partial charge is 0.348 e. The van der Waals surface area contributed by atoms with Gasteiger partial charge in [-0.2, -0.15) is 0 Å². The summed E-state index contributed by atoms with van der Waals surface area (Å²) in [5.41, 5.74) is 1.76. The van der Waals surface area contributed by atoms with E-state index in [9.17, 15) is 14.4 Å². The molecule has 2 N–H and O–H groups in total. The Morgan fingerprint density at radius 1 is 1.17 bits per heavy atom. The van der Waals surface area contributed by atoms with E-state index < -0.39 is 11.6 Å². The first-order valence-electron chi connectivity index (χ1n) is 10.7. The third-order valence-electron chi connectivity index (χ3n) is 7.08. The molecular weight excluding hydrogens is 366 g/mol. The number of fused-ring (bicyclic) bond motifs is 1. The minimum atomic E-state index is -0.820. The van der Waals surface area contributed by atoms with E-state index in [-0.39, 0.29) is 29.8 Å². The van der Waals surface area contributed by atoms with E-state index in [0.29, 0.717) is 18.8 Å². The van der Waals surface area contributed by atoms with Gasteiger partial charge in [-0.3, -0.25) is 14.5 Å². The Morgan fingerprint density at radius 3 is 2.55 bits per heavy atom. The molecule has 156 valence electrons. The number of carbonyl (C=O) groups is 3. The van der Waals surface area contributed by atoms with Crippen LogP contribution >= 0.6 is 0 Å². The van der Waals surface area contributed by atoms with E-state index in [4.69, 9.17) is 0 Å². The fourth-order valence-electron chi connectivity index (χ4n) is 5.23. The summed E-state index contributed by atoms with van der Waals surface area (Å²) in [6, 6.07) is 7.60. The van der Waals surface area contributed by atoms with Gasteiger partial charge in [0.2, 0.25) is 5.91 Å². The molecule has 1 aliphatic heterocycles. The number of urea groups is 1. The normalized spacial score (nSPS) is 29.1. The molecule has 6 nitrogen and oxygen atoms in total. The number of amides is 4. The van der Waals surface area contributed by atoms with Crippen molar-refractivity contribution in [3.63, 3.8) is 0 Å². The van der Waals surface area contributed by atoms with Crippen molar-refractivity contribution < 1.29 is 14.4 Å². The van der Waals surface area contributed by atoms with Crippen molar-refractivity contribution in [2.75, 3.05) is 6.54 Å². The minimum Gasteiger partial charge on any atom is -0.348 e. The third kappa shape index (κ3) is 3.65. The van der Waals surface area contributed by atoms with E-state index in [1.54, 1.807) is 0 Å². The molecular formula is C23H31N3O3. The molecule has 1 atom stereocenters. The maximum absolute atomic E-state index is 13.1. The van der Waals surface area contributed by atoms with E-state index in [2.05, 4.69) is 37.5 Å². The van der Waals surface area contributed by atoms with Crippen molar-refractivity contribution in [2.24, 2.45) is 11.3 Å². The van der Waals surface area contributed by atoms with Crippen molar-refractivity contribution in [2.45, 2.75) is 70.9 Å². The lowest BCUT2D eigenvalue weighted by Crippen LogP contribution is -2.51. The highest BCUT2D eigenvalue weighted by Gasteiger charge is 2.53. The topological polar surface area (TPSA) is 78.5 Å². The molecule has 1 spiro atoms. The Bertz CT molecular complexity index is 834. The standard InChI is InChI=1S/C23H31N3O3/c1-22(2,3)16-10-12-23(13-11-16)20(28)26(21(29)25-23)14-19(27)24-18-9-8-15-6-4-5-7-17(15)18/h4-7,16,18H,8-14H2,1-3H3,(H,24,27)(H,25,29). The summed E-state index contributed by atoms with van der Waals surface area (Å²) in [6.07, 6.45) is 4.90. The first kappa shape index (κ1) is 19.9. The molecule has 1 saturated carbocycles. The molecule has 1 aromatic carbocycles. The molecule has 1 heterocycles. The Morgan fingerprint density at radius 2 is 1.86 bits per heavy atom. The number of nitrogens with zero attached hydrogens (tertiary/aromatic N) is 1. The second-order valence-electron chi connectivity index (χ2n) is 9.90. The molecule has 4 rings (SSSR count). The maximum Gasteiger partial charge on any atom is 0.325 e. The SMILES string of the molecule is CC(C)(C)C1CCC2(CC1)NC(=O)N(CC(=O)NC1CCc3ccccc31)C2=O. The van der Waals surface area contributed by atoms with Crippen LogP contribution in [0.4, 0.5) is 4.79 Å². The summed E-state index contributed by atoms with van der Waals surface area (Å²) in [5, 5.41) is 5.92. The van der Waals surface area contributed by atoms with Crippen molar-refractivity contribution in [3.8, 4) is 0 Å². The fourth-order valence-corrected chi connectivity index (χ4v) is 5.23. The molecule has 0 radical (unpaired) electrons. The third-order valence-corrected chi connectivity index (χ3v) is 7.08. The lowest BCUT2D eigenvalue weighted by atomic mass is 9.67. The molecule has 0 bridgehead atoms. The number of imide groups is 1. The first-order chi connectivity index (χ1) is 13.7. The predicted octanol–water partition coefficient (Wildman–Crippen LogP) is 3.32. The van der Waals surface area contributed by atoms with Crippen LogP contribution in [0.25, 0.3) is 0 Å². The van der Waals surface area contributed by atoms with Crippen LogP contribution in [-0.2, 0) is 16.0 Å². The summed E-state index contributed by atoms with van der Waals surface area (Å²) in [4.78, 5) is 39.3. The van der Waals surface area contributed by atoms with Gasteiger partial charge in [0, 0.05) is 0 Å². The van der Waals surface area contributed by atoms with Crippen molar-refractivity contribution in [3.05, 3.63) is 35.4 Å². The van der Waals surface area contributed by atoms with E-state index >= 15 is 0 Å². The molecule has 29 heavy (non-hydrogen) atoms. The molecule has 3 aliphatic rings. The predicted molar refractivity (Wildman–Crippen MR) is 110 cm³/mol. The van der Waals surface area contributed by atoms with Crippen LogP contribution in [0.3, 0.4) is 0 Å². The van der Waals surface area contributed by atoms with Crippen LogP contribution in [0.2, 0.25) is 0 Å². The van der Waals surface area contributed by atoms with Crippen LogP contribution in [0.15, 0.2) is 24.3 Å². The summed E-state index contributed by atoms with van der Waals surface area (Å²) >= 11 is 0. The van der Waals surface area contributed by atoms with Crippen LogP contribution in [0.5, 0.6) is 0 Å². The lowest BCUT2D eigenvalue weighted by molar-refractivity contribution is -0.136. The van der Waals surface area contributed by atoms with Gasteiger partial charge in [0.25, 0.3) is 5.91 Å². The van der Waals surface area contributed by atoms with Gasteiger partial charge in [-0.05, 0) is 61.0 Å². The van der Waals surface area contributed by atoms with Crippen LogP contribution < -0.4 is 10.6 Å². The number of rotatable bonds is 3. The molecule has 1 unspecified atom stereocenters. The summed E-state index contributed by atoms with van der Waals surface area (Å²) in [6.45, 7) is 6.46. The number of hydrogen-bond acceptors (Lipinski definition) is 3. The summed E-state index contributed by atoms with van der Waals surface area (Å²) in [7, 11) is 0. The van der Waals surface area contributed by atoms with Crippen molar-refractivity contribution >= 4 is 17.8 Å². The van der Waals surface area contributed by atoms with Gasteiger partial charge in [0.15, 0.2) is 0 Å². The Hall–Kier alpha value is -2.37. The average molecular weight is 398 g/mol. The summed E-state index contributed by atoms with van der Waals surface area (Å²) < 4.78 is 0. The number of nitrogens with one attached hydrogen (secondary N) is 2. The minimum absolute atomic E-state index is 0.0457. The molecule has 2 fully saturated rings. The van der Waals surface area contributed by atoms with Crippen molar-refractivity contribution in [1.29, 1.82) is 0 Å². The highest BCUT2D eigenvalue weighted by molar-refractivity contribution is 6.09. The van der Waals surface area contributed by atoms with E-state index in [1.807, 2.05) is 18.2 Å². The molecule has 1 saturated heterocycles. The second-order valence-corrected chi connectivity index (χ2v) is 9.90. The van der Waals surface area contributed by atoms with E-state index in [1.165, 1.54) is 5.56 Å². The highest BCUT2D eigenvalue weighted by Crippen LogP contribution is 2.43. The van der Waals surface area contributed by atoms with Gasteiger partial charge < -0.3 is 10.6 Å². The Balaban J connectivity index is 1.38. The van der Waals surface area contributed by atoms with Gasteiger partial charge in [0.1, 0.15) is 12.1 Å².